The number of nitrogens with zero attached hydrogens (tertiary/aromatic N) is 3. The van der Waals surface area contributed by atoms with E-state index in [4.69, 9.17) is 16.3 Å². The molecule has 0 bridgehead atoms. The van der Waals surface area contributed by atoms with Crippen LogP contribution in [0.4, 0.5) is 19.1 Å². The van der Waals surface area contributed by atoms with Crippen LogP contribution in [-0.4, -0.2) is 33.2 Å². The second kappa shape index (κ2) is 8.95. The zero-order valence-corrected chi connectivity index (χ0v) is 16.6. The normalized spacial score (nSPS) is 14.8. The summed E-state index contributed by atoms with van der Waals surface area (Å²) in [5.74, 6) is -0.837. The van der Waals surface area contributed by atoms with Crippen molar-refractivity contribution in [3.63, 3.8) is 0 Å². The molecule has 0 spiro atoms. The molecule has 0 saturated heterocycles. The van der Waals surface area contributed by atoms with Crippen LogP contribution in [0.25, 0.3) is 0 Å². The number of hydrogen-bond donors (Lipinski definition) is 1. The zero-order chi connectivity index (χ0) is 21.9. The fourth-order valence-corrected chi connectivity index (χ4v) is 2.74. The van der Waals surface area contributed by atoms with E-state index < -0.39 is 11.7 Å². The standard InChI is InChI=1S/C19H18ClF3N4O3/c1-10(9-30-17-13(20)7-12(8-25-17)19(21,22)23)6-15(28)14-4-5-24-18(26-14)27-16(29)11-2-3-11/h4-5,7-8,10-11H,2-3,6,9H2,1H3,(H,24,26,27,29)/t10-/m0/s1. The van der Waals surface area contributed by atoms with Crippen LogP contribution >= 0.6 is 11.6 Å². The molecule has 3 rings (SSSR count). The molecule has 11 heteroatoms. The lowest BCUT2D eigenvalue weighted by Crippen LogP contribution is -2.18. The lowest BCUT2D eigenvalue weighted by molar-refractivity contribution is -0.137. The van der Waals surface area contributed by atoms with E-state index in [1.165, 1.54) is 12.3 Å². The number of alkyl halides is 3. The third-order valence-electron chi connectivity index (χ3n) is 4.30. The molecule has 160 valence electrons. The van der Waals surface area contributed by atoms with Gasteiger partial charge in [-0.1, -0.05) is 18.5 Å². The molecule has 7 nitrogen and oxygen atoms in total. The number of halogens is 4. The molecule has 1 N–H and O–H groups in total. The van der Waals surface area contributed by atoms with Crippen molar-refractivity contribution in [2.45, 2.75) is 32.4 Å². The Hall–Kier alpha value is -2.75. The summed E-state index contributed by atoms with van der Waals surface area (Å²) >= 11 is 5.80. The molecule has 2 heterocycles. The first-order valence-corrected chi connectivity index (χ1v) is 9.54. The Balaban J connectivity index is 1.54. The van der Waals surface area contributed by atoms with E-state index in [0.29, 0.717) is 6.20 Å². The van der Waals surface area contributed by atoms with E-state index in [1.807, 2.05) is 0 Å². The number of Topliss-reactive ketones (excluding diaryl/α,β-unsaturated/α-hetero) is 1. The first-order valence-electron chi connectivity index (χ1n) is 9.16. The van der Waals surface area contributed by atoms with Gasteiger partial charge in [0.05, 0.1) is 12.2 Å². The van der Waals surface area contributed by atoms with Gasteiger partial charge < -0.3 is 4.74 Å². The number of ether oxygens (including phenoxy) is 1. The number of carbonyl (C=O) groups is 2. The van der Waals surface area contributed by atoms with Gasteiger partial charge in [-0.25, -0.2) is 15.0 Å². The van der Waals surface area contributed by atoms with Gasteiger partial charge in [-0.2, -0.15) is 13.2 Å². The van der Waals surface area contributed by atoms with E-state index in [-0.39, 0.29) is 59.1 Å². The maximum absolute atomic E-state index is 12.6. The molecule has 30 heavy (non-hydrogen) atoms. The third kappa shape index (κ3) is 5.88. The summed E-state index contributed by atoms with van der Waals surface area (Å²) in [6.07, 6.45) is -0.806. The number of nitrogens with one attached hydrogen (secondary N) is 1. The number of rotatable bonds is 8. The van der Waals surface area contributed by atoms with Crippen molar-refractivity contribution in [2.75, 3.05) is 11.9 Å². The number of anilines is 1. The molecular weight excluding hydrogens is 425 g/mol. The molecule has 1 saturated carbocycles. The maximum Gasteiger partial charge on any atom is 0.417 e. The van der Waals surface area contributed by atoms with Gasteiger partial charge in [0.2, 0.25) is 17.7 Å². The molecule has 1 aliphatic carbocycles. The number of amides is 1. The van der Waals surface area contributed by atoms with Crippen LogP contribution in [0, 0.1) is 11.8 Å². The summed E-state index contributed by atoms with van der Waals surface area (Å²) in [6.45, 7) is 1.74. The molecule has 1 aliphatic rings. The monoisotopic (exact) mass is 442 g/mol. The molecule has 2 aromatic heterocycles. The minimum Gasteiger partial charge on any atom is -0.476 e. The molecule has 1 fully saturated rings. The fourth-order valence-electron chi connectivity index (χ4n) is 2.52. The summed E-state index contributed by atoms with van der Waals surface area (Å²) < 4.78 is 43.3. The van der Waals surface area contributed by atoms with E-state index in [0.717, 1.165) is 18.9 Å². The highest BCUT2D eigenvalue weighted by molar-refractivity contribution is 6.31. The highest BCUT2D eigenvalue weighted by atomic mass is 35.5. The summed E-state index contributed by atoms with van der Waals surface area (Å²) in [6, 6.07) is 2.18. The van der Waals surface area contributed by atoms with Crippen molar-refractivity contribution in [2.24, 2.45) is 11.8 Å². The number of ketones is 1. The van der Waals surface area contributed by atoms with Crippen LogP contribution in [0.3, 0.4) is 0 Å². The number of aromatic nitrogens is 3. The van der Waals surface area contributed by atoms with Crippen molar-refractivity contribution < 1.29 is 27.5 Å². The SMILES string of the molecule is C[C@H](COc1ncc(C(F)(F)F)cc1Cl)CC(=O)c1ccnc(NC(=O)C2CC2)n1. The number of hydrogen-bond acceptors (Lipinski definition) is 6. The predicted molar refractivity (Wildman–Crippen MR) is 101 cm³/mol. The first-order chi connectivity index (χ1) is 14.1. The molecule has 0 radical (unpaired) electrons. The number of pyridine rings is 1. The lowest BCUT2D eigenvalue weighted by atomic mass is 10.0. The Morgan fingerprint density at radius 2 is 2.07 bits per heavy atom. The maximum atomic E-state index is 12.6. The Kier molecular flexibility index (Phi) is 6.55. The molecular formula is C19H18ClF3N4O3. The van der Waals surface area contributed by atoms with Gasteiger partial charge in [0, 0.05) is 24.7 Å². The van der Waals surface area contributed by atoms with Crippen LogP contribution in [0.15, 0.2) is 24.5 Å². The van der Waals surface area contributed by atoms with E-state index in [2.05, 4.69) is 20.3 Å². The summed E-state index contributed by atoms with van der Waals surface area (Å²) in [5.41, 5.74) is -0.829. The molecule has 1 amide bonds. The van der Waals surface area contributed by atoms with Crippen LogP contribution in [0.2, 0.25) is 5.02 Å². The Morgan fingerprint density at radius 3 is 2.70 bits per heavy atom. The van der Waals surface area contributed by atoms with E-state index in [9.17, 15) is 22.8 Å². The van der Waals surface area contributed by atoms with Crippen molar-refractivity contribution in [3.8, 4) is 5.88 Å². The second-order valence-corrected chi connectivity index (χ2v) is 7.49. The molecule has 2 aromatic rings. The lowest BCUT2D eigenvalue weighted by Gasteiger charge is -2.14. The number of carbonyl (C=O) groups excluding carboxylic acids is 2. The van der Waals surface area contributed by atoms with Crippen LogP contribution in [0.5, 0.6) is 5.88 Å². The molecule has 0 aromatic carbocycles. The Labute approximate surface area is 175 Å². The minimum absolute atomic E-state index is 0.0141. The van der Waals surface area contributed by atoms with Gasteiger partial charge in [0.1, 0.15) is 10.7 Å². The van der Waals surface area contributed by atoms with Crippen LogP contribution in [-0.2, 0) is 11.0 Å². The molecule has 0 aliphatic heterocycles. The van der Waals surface area contributed by atoms with Gasteiger partial charge in [0.25, 0.3) is 0 Å². The van der Waals surface area contributed by atoms with Gasteiger partial charge >= 0.3 is 6.18 Å². The fraction of sp³-hybridized carbons (Fsp3) is 0.421. The highest BCUT2D eigenvalue weighted by Gasteiger charge is 2.32. The van der Waals surface area contributed by atoms with Crippen LogP contribution < -0.4 is 10.1 Å². The van der Waals surface area contributed by atoms with E-state index >= 15 is 0 Å². The quantitative estimate of drug-likeness (QED) is 0.616. The average Bonchev–Trinajstić information content (AvgIpc) is 3.52. The second-order valence-electron chi connectivity index (χ2n) is 7.08. The van der Waals surface area contributed by atoms with Crippen molar-refractivity contribution in [3.05, 3.63) is 40.8 Å². The average molecular weight is 443 g/mol. The van der Waals surface area contributed by atoms with E-state index in [1.54, 1.807) is 6.92 Å². The molecule has 0 unspecified atom stereocenters. The summed E-state index contributed by atoms with van der Waals surface area (Å²) in [7, 11) is 0. The first kappa shape index (κ1) is 21.9. The van der Waals surface area contributed by atoms with Gasteiger partial charge in [-0.15, -0.1) is 0 Å². The highest BCUT2D eigenvalue weighted by Crippen LogP contribution is 2.33. The Morgan fingerprint density at radius 1 is 1.33 bits per heavy atom. The topological polar surface area (TPSA) is 94.1 Å². The third-order valence-corrected chi connectivity index (χ3v) is 4.57. The Bertz CT molecular complexity index is 951. The largest absolute Gasteiger partial charge is 0.476 e. The van der Waals surface area contributed by atoms with Crippen molar-refractivity contribution in [1.82, 2.24) is 15.0 Å². The minimum atomic E-state index is -4.55. The zero-order valence-electron chi connectivity index (χ0n) is 15.9. The summed E-state index contributed by atoms with van der Waals surface area (Å²) in [4.78, 5) is 35.8. The van der Waals surface area contributed by atoms with Gasteiger partial charge in [-0.05, 0) is 30.9 Å². The van der Waals surface area contributed by atoms with Crippen LogP contribution in [0.1, 0.15) is 42.2 Å². The van der Waals surface area contributed by atoms with Crippen molar-refractivity contribution in [1.29, 1.82) is 0 Å². The van der Waals surface area contributed by atoms with Crippen molar-refractivity contribution >= 4 is 29.2 Å². The van der Waals surface area contributed by atoms with Gasteiger partial charge in [0.15, 0.2) is 5.78 Å². The van der Waals surface area contributed by atoms with Gasteiger partial charge in [-0.3, -0.25) is 14.9 Å². The smallest absolute Gasteiger partial charge is 0.417 e. The predicted octanol–water partition coefficient (Wildman–Crippen LogP) is 4.18. The summed E-state index contributed by atoms with van der Waals surface area (Å²) in [5, 5.41) is 2.31. The molecule has 1 atom stereocenters.